The summed E-state index contributed by atoms with van der Waals surface area (Å²) in [5.41, 5.74) is 4.69. The van der Waals surface area contributed by atoms with E-state index in [0.717, 1.165) is 17.0 Å². The second kappa shape index (κ2) is 5.60. The van der Waals surface area contributed by atoms with Crippen LogP contribution in [0.4, 0.5) is 4.39 Å². The fraction of sp³-hybridized carbons (Fsp3) is 0.176. The highest BCUT2D eigenvalue weighted by Gasteiger charge is 2.19. The number of nitrogens with one attached hydrogen (secondary N) is 1. The Hall–Kier alpha value is -2.69. The quantitative estimate of drug-likeness (QED) is 0.881. The number of nitrogens with zero attached hydrogens (tertiary/aromatic N) is 2. The van der Waals surface area contributed by atoms with Crippen molar-refractivity contribution in [2.24, 2.45) is 4.99 Å². The van der Waals surface area contributed by atoms with Gasteiger partial charge in [-0.1, -0.05) is 0 Å². The SMILES string of the molecule is COC1=CC(c2cccnc2F)=N/C1=C\c1[nH]c(C)cc1C. The molecule has 0 unspecified atom stereocenters. The third kappa shape index (κ3) is 2.57. The zero-order valence-electron chi connectivity index (χ0n) is 12.6. The highest BCUT2D eigenvalue weighted by Crippen LogP contribution is 2.26. The molecule has 1 aliphatic heterocycles. The first kappa shape index (κ1) is 14.3. The first-order valence-electron chi connectivity index (χ1n) is 6.92. The highest BCUT2D eigenvalue weighted by atomic mass is 19.1. The van der Waals surface area contributed by atoms with Gasteiger partial charge in [0, 0.05) is 23.7 Å². The predicted molar refractivity (Wildman–Crippen MR) is 84.1 cm³/mol. The van der Waals surface area contributed by atoms with Crippen molar-refractivity contribution in [2.75, 3.05) is 7.11 Å². The Kier molecular flexibility index (Phi) is 3.63. The van der Waals surface area contributed by atoms with E-state index >= 15 is 0 Å². The Balaban J connectivity index is 2.04. The molecule has 0 atom stereocenters. The maximum absolute atomic E-state index is 13.8. The number of allylic oxidation sites excluding steroid dienone is 1. The molecular weight excluding hydrogens is 281 g/mol. The number of aryl methyl sites for hydroxylation is 2. The molecule has 2 aromatic rings. The number of pyridine rings is 1. The lowest BCUT2D eigenvalue weighted by Gasteiger charge is -2.01. The number of ether oxygens (including phenoxy) is 1. The van der Waals surface area contributed by atoms with E-state index in [2.05, 4.69) is 21.0 Å². The van der Waals surface area contributed by atoms with Crippen molar-refractivity contribution in [3.05, 3.63) is 70.4 Å². The van der Waals surface area contributed by atoms with Crippen molar-refractivity contribution in [2.45, 2.75) is 13.8 Å². The molecule has 0 fully saturated rings. The van der Waals surface area contributed by atoms with E-state index in [1.807, 2.05) is 19.9 Å². The van der Waals surface area contributed by atoms with E-state index in [0.29, 0.717) is 22.7 Å². The molecule has 0 spiro atoms. The molecule has 0 aromatic carbocycles. The van der Waals surface area contributed by atoms with Gasteiger partial charge in [-0.15, -0.1) is 0 Å². The van der Waals surface area contributed by atoms with Crippen LogP contribution in [0, 0.1) is 19.8 Å². The minimum absolute atomic E-state index is 0.361. The molecule has 0 aliphatic carbocycles. The van der Waals surface area contributed by atoms with Crippen LogP contribution >= 0.6 is 0 Å². The van der Waals surface area contributed by atoms with Gasteiger partial charge in [0.25, 0.3) is 0 Å². The fourth-order valence-electron chi connectivity index (χ4n) is 2.43. The van der Waals surface area contributed by atoms with Crippen LogP contribution in [0.3, 0.4) is 0 Å². The number of aromatic amines is 1. The summed E-state index contributed by atoms with van der Waals surface area (Å²) in [6.07, 6.45) is 5.03. The second-order valence-electron chi connectivity index (χ2n) is 5.13. The summed E-state index contributed by atoms with van der Waals surface area (Å²) in [7, 11) is 1.57. The molecule has 0 amide bonds. The van der Waals surface area contributed by atoms with Gasteiger partial charge in [0.05, 0.1) is 18.4 Å². The molecule has 22 heavy (non-hydrogen) atoms. The van der Waals surface area contributed by atoms with E-state index < -0.39 is 5.95 Å². The van der Waals surface area contributed by atoms with Gasteiger partial charge in [-0.2, -0.15) is 4.39 Å². The standard InChI is InChI=1S/C17H16FN3O/c1-10-7-11(2)20-13(10)8-15-16(22-3)9-14(21-15)12-5-4-6-19-17(12)18/h4-9,20H,1-3H3/b15-8-. The van der Waals surface area contributed by atoms with Gasteiger partial charge >= 0.3 is 0 Å². The fourth-order valence-corrected chi connectivity index (χ4v) is 2.43. The maximum Gasteiger partial charge on any atom is 0.222 e. The van der Waals surface area contributed by atoms with Gasteiger partial charge in [-0.3, -0.25) is 0 Å². The number of aliphatic imine (C=N–C) groups is 1. The minimum atomic E-state index is -0.541. The smallest absolute Gasteiger partial charge is 0.222 e. The third-order valence-corrected chi connectivity index (χ3v) is 3.49. The van der Waals surface area contributed by atoms with Crippen LogP contribution in [0.25, 0.3) is 6.08 Å². The summed E-state index contributed by atoms with van der Waals surface area (Å²) in [4.78, 5) is 11.4. The van der Waals surface area contributed by atoms with Gasteiger partial charge in [0.15, 0.2) is 0 Å². The molecular formula is C17H16FN3O. The largest absolute Gasteiger partial charge is 0.494 e. The Morgan fingerprint density at radius 3 is 2.77 bits per heavy atom. The van der Waals surface area contributed by atoms with E-state index in [1.54, 1.807) is 25.3 Å². The van der Waals surface area contributed by atoms with E-state index in [9.17, 15) is 4.39 Å². The number of aromatic nitrogens is 2. The van der Waals surface area contributed by atoms with E-state index in [-0.39, 0.29) is 0 Å². The van der Waals surface area contributed by atoms with Crippen LogP contribution < -0.4 is 0 Å². The Morgan fingerprint density at radius 2 is 2.14 bits per heavy atom. The monoisotopic (exact) mass is 297 g/mol. The number of hydrogen-bond donors (Lipinski definition) is 1. The van der Waals surface area contributed by atoms with Crippen molar-refractivity contribution in [3.63, 3.8) is 0 Å². The normalized spacial score (nSPS) is 15.9. The summed E-state index contributed by atoms with van der Waals surface area (Å²) >= 11 is 0. The Morgan fingerprint density at radius 1 is 1.32 bits per heavy atom. The molecule has 0 saturated heterocycles. The second-order valence-corrected chi connectivity index (χ2v) is 5.13. The molecule has 0 bridgehead atoms. The number of rotatable bonds is 3. The average molecular weight is 297 g/mol. The van der Waals surface area contributed by atoms with Crippen LogP contribution in [0.2, 0.25) is 0 Å². The van der Waals surface area contributed by atoms with Gasteiger partial charge in [0.1, 0.15) is 11.5 Å². The third-order valence-electron chi connectivity index (χ3n) is 3.49. The lowest BCUT2D eigenvalue weighted by molar-refractivity contribution is 0.303. The van der Waals surface area contributed by atoms with Crippen molar-refractivity contribution < 1.29 is 9.13 Å². The van der Waals surface area contributed by atoms with Crippen molar-refractivity contribution >= 4 is 11.8 Å². The summed E-state index contributed by atoms with van der Waals surface area (Å²) in [5.74, 6) is 0.0611. The molecule has 3 heterocycles. The first-order valence-corrected chi connectivity index (χ1v) is 6.92. The maximum atomic E-state index is 13.8. The van der Waals surface area contributed by atoms with Crippen LogP contribution in [0.15, 0.2) is 46.9 Å². The van der Waals surface area contributed by atoms with Crippen LogP contribution in [-0.2, 0) is 4.74 Å². The molecule has 1 aliphatic rings. The lowest BCUT2D eigenvalue weighted by atomic mass is 10.1. The molecule has 2 aromatic heterocycles. The number of halogens is 1. The number of H-pyrrole nitrogens is 1. The number of hydrogen-bond acceptors (Lipinski definition) is 3. The number of methoxy groups -OCH3 is 1. The summed E-state index contributed by atoms with van der Waals surface area (Å²) in [5, 5.41) is 0. The van der Waals surface area contributed by atoms with E-state index in [1.165, 1.54) is 6.20 Å². The topological polar surface area (TPSA) is 50.3 Å². The van der Waals surface area contributed by atoms with Crippen molar-refractivity contribution in [1.29, 1.82) is 0 Å². The lowest BCUT2D eigenvalue weighted by Crippen LogP contribution is -2.00. The minimum Gasteiger partial charge on any atom is -0.494 e. The molecule has 1 N–H and O–H groups in total. The summed E-state index contributed by atoms with van der Waals surface area (Å²) in [6, 6.07) is 5.39. The molecule has 112 valence electrons. The average Bonchev–Trinajstić information content (AvgIpc) is 3.03. The van der Waals surface area contributed by atoms with Crippen molar-refractivity contribution in [3.8, 4) is 0 Å². The zero-order chi connectivity index (χ0) is 15.7. The van der Waals surface area contributed by atoms with E-state index in [4.69, 9.17) is 4.74 Å². The van der Waals surface area contributed by atoms with Crippen molar-refractivity contribution in [1.82, 2.24) is 9.97 Å². The van der Waals surface area contributed by atoms with Crippen LogP contribution in [-0.4, -0.2) is 22.8 Å². The molecule has 0 saturated carbocycles. The molecule has 0 radical (unpaired) electrons. The molecule has 5 heteroatoms. The summed E-state index contributed by atoms with van der Waals surface area (Å²) in [6.45, 7) is 4.02. The van der Waals surface area contributed by atoms with Gasteiger partial charge in [-0.05, 0) is 43.7 Å². The summed E-state index contributed by atoms with van der Waals surface area (Å²) < 4.78 is 19.2. The van der Waals surface area contributed by atoms with Gasteiger partial charge < -0.3 is 9.72 Å². The van der Waals surface area contributed by atoms with Crippen LogP contribution in [0.1, 0.15) is 22.5 Å². The van der Waals surface area contributed by atoms with Crippen LogP contribution in [0.5, 0.6) is 0 Å². The van der Waals surface area contributed by atoms with Gasteiger partial charge in [-0.25, -0.2) is 9.98 Å². The zero-order valence-corrected chi connectivity index (χ0v) is 12.6. The molecule has 4 nitrogen and oxygen atoms in total. The Labute approximate surface area is 128 Å². The predicted octanol–water partition coefficient (Wildman–Crippen LogP) is 3.54. The molecule has 3 rings (SSSR count). The highest BCUT2D eigenvalue weighted by molar-refractivity contribution is 6.12. The Bertz CT molecular complexity index is 815. The first-order chi connectivity index (χ1) is 10.6. The van der Waals surface area contributed by atoms with Gasteiger partial charge in [0.2, 0.25) is 5.95 Å².